The van der Waals surface area contributed by atoms with E-state index in [1.165, 1.54) is 23.0 Å². The first-order valence-electron chi connectivity index (χ1n) is 9.47. The Balaban J connectivity index is 1.79. The van der Waals surface area contributed by atoms with Gasteiger partial charge in [0.2, 0.25) is 5.91 Å². The lowest BCUT2D eigenvalue weighted by Crippen LogP contribution is -2.24. The van der Waals surface area contributed by atoms with Crippen LogP contribution < -0.4 is 5.32 Å². The van der Waals surface area contributed by atoms with E-state index in [9.17, 15) is 13.2 Å². The molecule has 2 heterocycles. The van der Waals surface area contributed by atoms with E-state index >= 15 is 0 Å². The fraction of sp³-hybridized carbons (Fsp3) is 0.250. The first-order chi connectivity index (χ1) is 15.3. The summed E-state index contributed by atoms with van der Waals surface area (Å²) in [6, 6.07) is 10.1. The van der Waals surface area contributed by atoms with Gasteiger partial charge < -0.3 is 9.88 Å². The van der Waals surface area contributed by atoms with E-state index in [1.54, 1.807) is 42.8 Å². The maximum atomic E-state index is 12.8. The van der Waals surface area contributed by atoms with Crippen LogP contribution in [0.3, 0.4) is 0 Å². The summed E-state index contributed by atoms with van der Waals surface area (Å²) in [6.07, 6.45) is 2.97. The first kappa shape index (κ1) is 23.2. The molecule has 1 amide bonds. The van der Waals surface area contributed by atoms with Crippen LogP contribution in [0, 0.1) is 11.3 Å². The van der Waals surface area contributed by atoms with Gasteiger partial charge in [-0.25, -0.2) is 8.42 Å². The van der Waals surface area contributed by atoms with Crippen LogP contribution in [0.5, 0.6) is 0 Å². The second kappa shape index (κ2) is 9.80. The van der Waals surface area contributed by atoms with Gasteiger partial charge in [0.1, 0.15) is 29.0 Å². The van der Waals surface area contributed by atoms with Crippen molar-refractivity contribution in [1.29, 1.82) is 5.26 Å². The lowest BCUT2D eigenvalue weighted by molar-refractivity contribution is -0.115. The summed E-state index contributed by atoms with van der Waals surface area (Å²) in [4.78, 5) is 12.9. The van der Waals surface area contributed by atoms with E-state index in [4.69, 9.17) is 5.26 Å². The molecule has 0 saturated carbocycles. The second-order valence-corrected chi connectivity index (χ2v) is 10.1. The summed E-state index contributed by atoms with van der Waals surface area (Å²) in [5.41, 5.74) is 0.251. The van der Waals surface area contributed by atoms with Crippen molar-refractivity contribution in [3.05, 3.63) is 60.6 Å². The van der Waals surface area contributed by atoms with Crippen molar-refractivity contribution in [3.63, 3.8) is 0 Å². The van der Waals surface area contributed by atoms with Gasteiger partial charge in [-0.2, -0.15) is 10.4 Å². The zero-order valence-corrected chi connectivity index (χ0v) is 19.1. The number of hydrogen-bond donors (Lipinski definition) is 1. The summed E-state index contributed by atoms with van der Waals surface area (Å²) in [5.74, 6) is -0.143. The van der Waals surface area contributed by atoms with E-state index in [0.29, 0.717) is 11.0 Å². The van der Waals surface area contributed by atoms with Crippen LogP contribution in [0.2, 0.25) is 0 Å². The molecule has 1 atom stereocenters. The number of anilines is 1. The Morgan fingerprint density at radius 1 is 1.34 bits per heavy atom. The number of nitriles is 1. The minimum atomic E-state index is -3.62. The average molecular weight is 472 g/mol. The summed E-state index contributed by atoms with van der Waals surface area (Å²) in [5, 5.41) is 23.7. The highest BCUT2D eigenvalue weighted by atomic mass is 32.2. The molecule has 1 N–H and O–H groups in total. The lowest BCUT2D eigenvalue weighted by atomic mass is 10.3. The van der Waals surface area contributed by atoms with E-state index < -0.39 is 15.1 Å². The van der Waals surface area contributed by atoms with Crippen molar-refractivity contribution in [3.8, 4) is 6.07 Å². The Kier molecular flexibility index (Phi) is 7.12. The molecule has 1 unspecified atom stereocenters. The van der Waals surface area contributed by atoms with Crippen LogP contribution in [0.25, 0.3) is 0 Å². The number of benzene rings is 1. The number of carbonyl (C=O) groups is 1. The SMILES string of the molecule is C=CCn1c(CS(=O)(=O)c2ccccc2)nnc1SC(C)C(=O)Nc1c(C#N)cnn1C. The highest BCUT2D eigenvalue weighted by Crippen LogP contribution is 2.25. The van der Waals surface area contributed by atoms with Crippen molar-refractivity contribution in [2.24, 2.45) is 7.05 Å². The van der Waals surface area contributed by atoms with Gasteiger partial charge in [0.05, 0.1) is 16.3 Å². The largest absolute Gasteiger partial charge is 0.309 e. The highest BCUT2D eigenvalue weighted by molar-refractivity contribution is 8.00. The van der Waals surface area contributed by atoms with Gasteiger partial charge in [0.15, 0.2) is 15.0 Å². The van der Waals surface area contributed by atoms with Crippen molar-refractivity contribution < 1.29 is 13.2 Å². The molecule has 0 bridgehead atoms. The van der Waals surface area contributed by atoms with E-state index in [-0.39, 0.29) is 34.5 Å². The second-order valence-electron chi connectivity index (χ2n) is 6.76. The molecule has 2 aromatic heterocycles. The third-order valence-corrected chi connectivity index (χ3v) is 7.19. The van der Waals surface area contributed by atoms with Gasteiger partial charge in [-0.05, 0) is 19.1 Å². The van der Waals surface area contributed by atoms with Gasteiger partial charge in [-0.3, -0.25) is 9.48 Å². The average Bonchev–Trinajstić information content (AvgIpc) is 3.31. The van der Waals surface area contributed by atoms with Crippen molar-refractivity contribution >= 4 is 33.3 Å². The summed E-state index contributed by atoms with van der Waals surface area (Å²) < 4.78 is 28.5. The standard InChI is InChI=1S/C20H21N7O3S2/c1-4-10-27-17(13-32(29,30)16-8-6-5-7-9-16)24-25-20(27)31-14(2)19(28)23-18-15(11-21)12-22-26(18)3/h4-9,12,14H,1,10,13H2,2-3H3,(H,23,28). The quantitative estimate of drug-likeness (QED) is 0.370. The Morgan fingerprint density at radius 3 is 2.72 bits per heavy atom. The maximum absolute atomic E-state index is 12.8. The maximum Gasteiger partial charge on any atom is 0.238 e. The minimum absolute atomic E-state index is 0.194. The molecule has 32 heavy (non-hydrogen) atoms. The predicted molar refractivity (Wildman–Crippen MR) is 119 cm³/mol. The van der Waals surface area contributed by atoms with E-state index in [2.05, 4.69) is 27.2 Å². The van der Waals surface area contributed by atoms with Gasteiger partial charge in [0.25, 0.3) is 0 Å². The molecule has 0 fully saturated rings. The number of thioether (sulfide) groups is 1. The van der Waals surface area contributed by atoms with Gasteiger partial charge in [-0.15, -0.1) is 16.8 Å². The number of rotatable bonds is 9. The number of sulfone groups is 1. The molecule has 166 valence electrons. The normalized spacial score (nSPS) is 12.2. The third kappa shape index (κ3) is 5.06. The molecule has 0 radical (unpaired) electrons. The van der Waals surface area contributed by atoms with E-state index in [0.717, 1.165) is 11.8 Å². The molecule has 10 nitrogen and oxygen atoms in total. The number of nitrogens with zero attached hydrogens (tertiary/aromatic N) is 6. The number of amides is 1. The minimum Gasteiger partial charge on any atom is -0.309 e. The monoisotopic (exact) mass is 471 g/mol. The fourth-order valence-corrected chi connectivity index (χ4v) is 4.97. The fourth-order valence-electron chi connectivity index (χ4n) is 2.80. The topological polar surface area (TPSA) is 136 Å². The lowest BCUT2D eigenvalue weighted by Gasteiger charge is -2.13. The van der Waals surface area contributed by atoms with Crippen LogP contribution in [-0.4, -0.2) is 44.1 Å². The van der Waals surface area contributed by atoms with Crippen molar-refractivity contribution in [2.75, 3.05) is 5.32 Å². The van der Waals surface area contributed by atoms with Gasteiger partial charge in [0, 0.05) is 13.6 Å². The molecule has 1 aromatic carbocycles. The van der Waals surface area contributed by atoms with Crippen molar-refractivity contribution in [1.82, 2.24) is 24.5 Å². The van der Waals surface area contributed by atoms with Crippen LogP contribution in [0.1, 0.15) is 18.3 Å². The Labute approximate surface area is 189 Å². The number of aryl methyl sites for hydroxylation is 1. The smallest absolute Gasteiger partial charge is 0.238 e. The Hall–Kier alpha value is -3.43. The van der Waals surface area contributed by atoms with Crippen LogP contribution in [-0.2, 0) is 34.0 Å². The summed E-state index contributed by atoms with van der Waals surface area (Å²) in [6.45, 7) is 5.67. The van der Waals surface area contributed by atoms with E-state index in [1.807, 2.05) is 6.07 Å². The van der Waals surface area contributed by atoms with Gasteiger partial charge >= 0.3 is 0 Å². The molecule has 12 heteroatoms. The molecule has 0 spiro atoms. The van der Waals surface area contributed by atoms with Crippen LogP contribution >= 0.6 is 11.8 Å². The Bertz CT molecular complexity index is 1270. The number of nitrogens with one attached hydrogen (secondary N) is 1. The molecule has 3 rings (SSSR count). The first-order valence-corrected chi connectivity index (χ1v) is 12.0. The number of aromatic nitrogens is 5. The third-order valence-electron chi connectivity index (χ3n) is 4.48. The molecule has 0 aliphatic carbocycles. The van der Waals surface area contributed by atoms with Crippen LogP contribution in [0.4, 0.5) is 5.82 Å². The summed E-state index contributed by atoms with van der Waals surface area (Å²) in [7, 11) is -2.00. The number of hydrogen-bond acceptors (Lipinski definition) is 8. The predicted octanol–water partition coefficient (Wildman–Crippen LogP) is 2.16. The highest BCUT2D eigenvalue weighted by Gasteiger charge is 2.24. The molecule has 0 aliphatic heterocycles. The zero-order valence-electron chi connectivity index (χ0n) is 17.5. The van der Waals surface area contributed by atoms with Crippen molar-refractivity contribution in [2.45, 2.75) is 34.5 Å². The summed E-state index contributed by atoms with van der Waals surface area (Å²) >= 11 is 1.12. The Morgan fingerprint density at radius 2 is 2.06 bits per heavy atom. The molecule has 3 aromatic rings. The molecular weight excluding hydrogens is 450 g/mol. The zero-order chi connectivity index (χ0) is 23.3. The van der Waals surface area contributed by atoms with Crippen LogP contribution in [0.15, 0.2) is 59.2 Å². The molecule has 0 saturated heterocycles. The molecule has 0 aliphatic rings. The number of carbonyl (C=O) groups excluding carboxylic acids is 1. The number of allylic oxidation sites excluding steroid dienone is 1. The van der Waals surface area contributed by atoms with Gasteiger partial charge in [-0.1, -0.05) is 36.0 Å². The molecular formula is C20H21N7O3S2.